The van der Waals surface area contributed by atoms with Crippen molar-refractivity contribution in [1.82, 2.24) is 5.32 Å². The van der Waals surface area contributed by atoms with Crippen LogP contribution in [0.2, 0.25) is 0 Å². The molecule has 0 amide bonds. The van der Waals surface area contributed by atoms with E-state index in [1.807, 2.05) is 6.92 Å². The number of benzene rings is 2. The van der Waals surface area contributed by atoms with Crippen molar-refractivity contribution in [3.05, 3.63) is 68.9 Å². The topological polar surface area (TPSA) is 12.0 Å². The van der Waals surface area contributed by atoms with Crippen molar-refractivity contribution in [3.8, 4) is 0 Å². The van der Waals surface area contributed by atoms with Gasteiger partial charge in [-0.2, -0.15) is 0 Å². The molecule has 112 valence electrons. The average molecular weight is 358 g/mol. The number of hydrogen-bond acceptors (Lipinski definition) is 1. The first-order chi connectivity index (χ1) is 9.93. The maximum atomic E-state index is 14.3. The molecule has 1 N–H and O–H groups in total. The maximum absolute atomic E-state index is 14.3. The van der Waals surface area contributed by atoms with Crippen molar-refractivity contribution in [1.29, 1.82) is 0 Å². The number of halogens is 4. The summed E-state index contributed by atoms with van der Waals surface area (Å²) in [6, 6.07) is 6.14. The van der Waals surface area contributed by atoms with E-state index in [2.05, 4.69) is 21.2 Å². The Labute approximate surface area is 130 Å². The summed E-state index contributed by atoms with van der Waals surface area (Å²) in [4.78, 5) is 0. The molecule has 0 aliphatic rings. The van der Waals surface area contributed by atoms with Crippen LogP contribution in [0.3, 0.4) is 0 Å². The summed E-state index contributed by atoms with van der Waals surface area (Å²) in [6.07, 6.45) is 0. The lowest BCUT2D eigenvalue weighted by Crippen LogP contribution is -2.24. The zero-order chi connectivity index (χ0) is 15.6. The summed E-state index contributed by atoms with van der Waals surface area (Å²) < 4.78 is 42.2. The van der Waals surface area contributed by atoms with Gasteiger partial charge in [0.2, 0.25) is 0 Å². The first-order valence-corrected chi connectivity index (χ1v) is 7.37. The van der Waals surface area contributed by atoms with Crippen molar-refractivity contribution in [3.63, 3.8) is 0 Å². The van der Waals surface area contributed by atoms with Crippen LogP contribution in [0.4, 0.5) is 13.2 Å². The zero-order valence-electron chi connectivity index (χ0n) is 11.7. The lowest BCUT2D eigenvalue weighted by atomic mass is 9.96. The Kier molecular flexibility index (Phi) is 5.06. The Balaban J connectivity index is 2.61. The normalized spacial score (nSPS) is 12.5. The van der Waals surface area contributed by atoms with E-state index >= 15 is 0 Å². The molecule has 0 spiro atoms. The summed E-state index contributed by atoms with van der Waals surface area (Å²) in [7, 11) is 0. The molecule has 0 saturated heterocycles. The third-order valence-corrected chi connectivity index (χ3v) is 3.79. The first kappa shape index (κ1) is 16.0. The van der Waals surface area contributed by atoms with E-state index in [1.54, 1.807) is 13.0 Å². The van der Waals surface area contributed by atoms with Gasteiger partial charge in [0.05, 0.1) is 10.5 Å². The van der Waals surface area contributed by atoms with Gasteiger partial charge in [0.1, 0.15) is 17.5 Å². The summed E-state index contributed by atoms with van der Waals surface area (Å²) in [5.74, 6) is -1.77. The van der Waals surface area contributed by atoms with E-state index in [0.717, 1.165) is 0 Å². The maximum Gasteiger partial charge on any atom is 0.145 e. The predicted molar refractivity (Wildman–Crippen MR) is 80.7 cm³/mol. The summed E-state index contributed by atoms with van der Waals surface area (Å²) in [5, 5.41) is 3.01. The van der Waals surface area contributed by atoms with Crippen LogP contribution in [0.15, 0.2) is 34.8 Å². The fourth-order valence-electron chi connectivity index (χ4n) is 2.33. The van der Waals surface area contributed by atoms with E-state index in [9.17, 15) is 13.2 Å². The lowest BCUT2D eigenvalue weighted by Gasteiger charge is -2.21. The van der Waals surface area contributed by atoms with Crippen LogP contribution in [0.1, 0.15) is 29.7 Å². The molecule has 0 bridgehead atoms. The van der Waals surface area contributed by atoms with Crippen LogP contribution in [-0.4, -0.2) is 6.54 Å². The van der Waals surface area contributed by atoms with Gasteiger partial charge in [-0.25, -0.2) is 13.2 Å². The van der Waals surface area contributed by atoms with Gasteiger partial charge in [0, 0.05) is 5.56 Å². The Morgan fingerprint density at radius 3 is 2.48 bits per heavy atom. The highest BCUT2D eigenvalue weighted by molar-refractivity contribution is 9.10. The molecule has 1 atom stereocenters. The molecule has 0 saturated carbocycles. The molecule has 21 heavy (non-hydrogen) atoms. The second-order valence-electron chi connectivity index (χ2n) is 4.81. The van der Waals surface area contributed by atoms with Gasteiger partial charge in [0.15, 0.2) is 0 Å². The lowest BCUT2D eigenvalue weighted by molar-refractivity contribution is 0.505. The summed E-state index contributed by atoms with van der Waals surface area (Å²) in [6.45, 7) is 4.06. The molecule has 0 aliphatic carbocycles. The molecular formula is C16H15BrF3N. The minimum Gasteiger partial charge on any atom is -0.306 e. The van der Waals surface area contributed by atoms with E-state index in [-0.39, 0.29) is 10.0 Å². The molecule has 0 radical (unpaired) electrons. The van der Waals surface area contributed by atoms with Gasteiger partial charge in [0.25, 0.3) is 0 Å². The van der Waals surface area contributed by atoms with Gasteiger partial charge in [-0.15, -0.1) is 0 Å². The van der Waals surface area contributed by atoms with Crippen LogP contribution < -0.4 is 5.32 Å². The monoisotopic (exact) mass is 357 g/mol. The van der Waals surface area contributed by atoms with Gasteiger partial charge in [-0.1, -0.05) is 13.0 Å². The van der Waals surface area contributed by atoms with Crippen LogP contribution in [0, 0.1) is 24.4 Å². The third-order valence-electron chi connectivity index (χ3n) is 3.17. The number of aryl methyl sites for hydroxylation is 1. The van der Waals surface area contributed by atoms with Crippen LogP contribution in [0.5, 0.6) is 0 Å². The fourth-order valence-corrected chi connectivity index (χ4v) is 2.68. The quantitative estimate of drug-likeness (QED) is 0.769. The van der Waals surface area contributed by atoms with Gasteiger partial charge in [-0.3, -0.25) is 0 Å². The van der Waals surface area contributed by atoms with Crippen LogP contribution >= 0.6 is 15.9 Å². The van der Waals surface area contributed by atoms with Gasteiger partial charge in [-0.05, 0) is 64.8 Å². The zero-order valence-corrected chi connectivity index (χ0v) is 13.3. The standard InChI is InChI=1S/C16H15BrF3N/c1-3-21-16(10-6-9(2)7-11(18)8-10)14-13(19)5-4-12(17)15(14)20/h4-8,16,21H,3H2,1-2H3. The second-order valence-corrected chi connectivity index (χ2v) is 5.66. The average Bonchev–Trinajstić information content (AvgIpc) is 2.41. The van der Waals surface area contributed by atoms with Gasteiger partial charge >= 0.3 is 0 Å². The smallest absolute Gasteiger partial charge is 0.145 e. The van der Waals surface area contributed by atoms with Crippen LogP contribution in [0.25, 0.3) is 0 Å². The molecular weight excluding hydrogens is 343 g/mol. The molecule has 2 aromatic rings. The molecule has 0 heterocycles. The van der Waals surface area contributed by atoms with E-state index < -0.39 is 23.5 Å². The highest BCUT2D eigenvalue weighted by Gasteiger charge is 2.23. The molecule has 0 fully saturated rings. The predicted octanol–water partition coefficient (Wildman–Crippen LogP) is 4.87. The Bertz CT molecular complexity index is 638. The Morgan fingerprint density at radius 1 is 1.14 bits per heavy atom. The van der Waals surface area contributed by atoms with Crippen molar-refractivity contribution in [2.75, 3.05) is 6.54 Å². The Morgan fingerprint density at radius 2 is 1.86 bits per heavy atom. The third kappa shape index (κ3) is 3.47. The minimum absolute atomic E-state index is 0.115. The summed E-state index contributed by atoms with van der Waals surface area (Å²) >= 11 is 3.06. The number of rotatable bonds is 4. The highest BCUT2D eigenvalue weighted by atomic mass is 79.9. The van der Waals surface area contributed by atoms with E-state index in [1.165, 1.54) is 24.3 Å². The first-order valence-electron chi connectivity index (χ1n) is 6.58. The minimum atomic E-state index is -0.748. The molecule has 2 rings (SSSR count). The van der Waals surface area contributed by atoms with E-state index in [0.29, 0.717) is 17.7 Å². The molecule has 2 aromatic carbocycles. The van der Waals surface area contributed by atoms with Crippen molar-refractivity contribution >= 4 is 15.9 Å². The Hall–Kier alpha value is -1.33. The molecule has 0 aromatic heterocycles. The van der Waals surface area contributed by atoms with Gasteiger partial charge < -0.3 is 5.32 Å². The fraction of sp³-hybridized carbons (Fsp3) is 0.250. The molecule has 5 heteroatoms. The van der Waals surface area contributed by atoms with Crippen molar-refractivity contribution < 1.29 is 13.2 Å². The van der Waals surface area contributed by atoms with Crippen molar-refractivity contribution in [2.45, 2.75) is 19.9 Å². The molecule has 1 nitrogen and oxygen atoms in total. The van der Waals surface area contributed by atoms with Crippen molar-refractivity contribution in [2.24, 2.45) is 0 Å². The number of nitrogens with one attached hydrogen (secondary N) is 1. The SMILES string of the molecule is CCNC(c1cc(C)cc(F)c1)c1c(F)ccc(Br)c1F. The largest absolute Gasteiger partial charge is 0.306 e. The summed E-state index contributed by atoms with van der Waals surface area (Å²) in [5.41, 5.74) is 1.07. The molecule has 1 unspecified atom stereocenters. The van der Waals surface area contributed by atoms with E-state index in [4.69, 9.17) is 0 Å². The number of hydrogen-bond donors (Lipinski definition) is 1. The second kappa shape index (κ2) is 6.62. The highest BCUT2D eigenvalue weighted by Crippen LogP contribution is 2.31. The van der Waals surface area contributed by atoms with Crippen LogP contribution in [-0.2, 0) is 0 Å². The molecule has 0 aliphatic heterocycles.